The Labute approximate surface area is 66.6 Å². The van der Waals surface area contributed by atoms with Crippen LogP contribution in [0.5, 0.6) is 0 Å². The predicted molar refractivity (Wildman–Crippen MR) is 44.9 cm³/mol. The molecule has 0 bridgehead atoms. The number of rotatable bonds is 3. The number of carbonyl (C=O) groups excluding carboxylic acids is 1. The molecule has 0 saturated carbocycles. The van der Waals surface area contributed by atoms with E-state index in [9.17, 15) is 4.79 Å². The summed E-state index contributed by atoms with van der Waals surface area (Å²) in [6.07, 6.45) is 2.82. The lowest BCUT2D eigenvalue weighted by molar-refractivity contribution is 0.111. The van der Waals surface area contributed by atoms with Gasteiger partial charge in [0.2, 0.25) is 0 Å². The van der Waals surface area contributed by atoms with Crippen molar-refractivity contribution in [3.63, 3.8) is 0 Å². The van der Waals surface area contributed by atoms with Crippen LogP contribution in [0.2, 0.25) is 0 Å². The highest BCUT2D eigenvalue weighted by Crippen LogP contribution is 2.10. The number of aryl methyl sites for hydroxylation is 2. The minimum atomic E-state index is 0.693. The fraction of sp³-hybridized carbons (Fsp3) is 0.444. The van der Waals surface area contributed by atoms with Crippen molar-refractivity contribution in [2.24, 2.45) is 0 Å². The van der Waals surface area contributed by atoms with Crippen LogP contribution in [0.4, 0.5) is 0 Å². The van der Waals surface area contributed by atoms with E-state index in [0.29, 0.717) is 5.69 Å². The molecule has 2 heteroatoms. The maximum Gasteiger partial charge on any atom is 0.166 e. The Kier molecular flexibility index (Phi) is 2.47. The summed E-state index contributed by atoms with van der Waals surface area (Å²) < 4.78 is 0. The Morgan fingerprint density at radius 1 is 1.45 bits per heavy atom. The number of hydrogen-bond acceptors (Lipinski definition) is 1. The van der Waals surface area contributed by atoms with E-state index in [2.05, 4.69) is 18.8 Å². The fourth-order valence-electron chi connectivity index (χ4n) is 1.26. The van der Waals surface area contributed by atoms with Crippen LogP contribution in [0.25, 0.3) is 0 Å². The number of aromatic amines is 1. The second kappa shape index (κ2) is 3.37. The molecule has 1 aromatic heterocycles. The molecule has 0 aromatic carbocycles. The molecule has 1 heterocycles. The molecule has 2 nitrogen and oxygen atoms in total. The molecule has 0 fully saturated rings. The first-order valence-corrected chi connectivity index (χ1v) is 3.97. The van der Waals surface area contributed by atoms with Gasteiger partial charge in [-0.25, -0.2) is 0 Å². The predicted octanol–water partition coefficient (Wildman–Crippen LogP) is 1.95. The van der Waals surface area contributed by atoms with Crippen LogP contribution in [0.15, 0.2) is 6.07 Å². The Hall–Kier alpha value is -1.05. The monoisotopic (exact) mass is 151 g/mol. The van der Waals surface area contributed by atoms with Crippen molar-refractivity contribution in [1.29, 1.82) is 0 Å². The van der Waals surface area contributed by atoms with Gasteiger partial charge in [0.25, 0.3) is 0 Å². The van der Waals surface area contributed by atoms with Gasteiger partial charge in [-0.2, -0.15) is 0 Å². The molecule has 0 amide bonds. The minimum Gasteiger partial charge on any atom is -0.356 e. The molecule has 1 N–H and O–H groups in total. The smallest absolute Gasteiger partial charge is 0.166 e. The highest BCUT2D eigenvalue weighted by Gasteiger charge is 2.02. The summed E-state index contributed by atoms with van der Waals surface area (Å²) in [6.45, 7) is 4.18. The van der Waals surface area contributed by atoms with E-state index in [1.807, 2.05) is 6.07 Å². The van der Waals surface area contributed by atoms with E-state index in [1.165, 1.54) is 11.3 Å². The van der Waals surface area contributed by atoms with Crippen LogP contribution in [0.1, 0.15) is 35.6 Å². The van der Waals surface area contributed by atoms with Gasteiger partial charge in [-0.15, -0.1) is 0 Å². The molecule has 0 radical (unpaired) electrons. The first kappa shape index (κ1) is 8.05. The van der Waals surface area contributed by atoms with Gasteiger partial charge in [0.1, 0.15) is 0 Å². The summed E-state index contributed by atoms with van der Waals surface area (Å²) in [6, 6.07) is 1.92. The van der Waals surface area contributed by atoms with Gasteiger partial charge in [-0.1, -0.05) is 13.8 Å². The van der Waals surface area contributed by atoms with E-state index in [4.69, 9.17) is 0 Å². The second-order valence-electron chi connectivity index (χ2n) is 2.55. The lowest BCUT2D eigenvalue weighted by Gasteiger charge is -1.94. The maximum absolute atomic E-state index is 10.4. The van der Waals surface area contributed by atoms with Crippen molar-refractivity contribution < 1.29 is 4.79 Å². The average molecular weight is 151 g/mol. The van der Waals surface area contributed by atoms with E-state index in [-0.39, 0.29) is 0 Å². The summed E-state index contributed by atoms with van der Waals surface area (Å²) >= 11 is 0. The zero-order chi connectivity index (χ0) is 8.27. The third kappa shape index (κ3) is 1.50. The largest absolute Gasteiger partial charge is 0.356 e. The van der Waals surface area contributed by atoms with Crippen LogP contribution in [-0.4, -0.2) is 11.3 Å². The molecular formula is C9H13NO. The third-order valence-corrected chi connectivity index (χ3v) is 1.87. The molecule has 11 heavy (non-hydrogen) atoms. The molecule has 0 aliphatic carbocycles. The molecule has 0 atom stereocenters. The SMILES string of the molecule is CCc1cc(C=O)[nH]c1CC. The van der Waals surface area contributed by atoms with Gasteiger partial charge < -0.3 is 4.98 Å². The van der Waals surface area contributed by atoms with Crippen molar-refractivity contribution in [2.45, 2.75) is 26.7 Å². The zero-order valence-corrected chi connectivity index (χ0v) is 6.98. The molecule has 0 aliphatic heterocycles. The number of nitrogens with one attached hydrogen (secondary N) is 1. The van der Waals surface area contributed by atoms with Gasteiger partial charge in [-0.3, -0.25) is 4.79 Å². The van der Waals surface area contributed by atoms with Crippen LogP contribution in [0.3, 0.4) is 0 Å². The normalized spacial score (nSPS) is 10.0. The van der Waals surface area contributed by atoms with Crippen LogP contribution < -0.4 is 0 Å². The van der Waals surface area contributed by atoms with Crippen LogP contribution >= 0.6 is 0 Å². The Balaban J connectivity index is 3.01. The zero-order valence-electron chi connectivity index (χ0n) is 6.98. The Morgan fingerprint density at radius 2 is 2.18 bits per heavy atom. The van der Waals surface area contributed by atoms with E-state index < -0.39 is 0 Å². The highest BCUT2D eigenvalue weighted by atomic mass is 16.1. The first-order chi connectivity index (χ1) is 5.31. The van der Waals surface area contributed by atoms with Crippen LogP contribution in [-0.2, 0) is 12.8 Å². The standard InChI is InChI=1S/C9H13NO/c1-3-7-5-8(6-11)10-9(7)4-2/h5-6,10H,3-4H2,1-2H3. The van der Waals surface area contributed by atoms with E-state index >= 15 is 0 Å². The van der Waals surface area contributed by atoms with Gasteiger partial charge in [-0.05, 0) is 24.5 Å². The summed E-state index contributed by atoms with van der Waals surface area (Å²) in [4.78, 5) is 13.4. The summed E-state index contributed by atoms with van der Waals surface area (Å²) in [5.41, 5.74) is 3.14. The van der Waals surface area contributed by atoms with Crippen molar-refractivity contribution in [1.82, 2.24) is 4.98 Å². The molecular weight excluding hydrogens is 138 g/mol. The summed E-state index contributed by atoms with van der Waals surface area (Å²) in [7, 11) is 0. The van der Waals surface area contributed by atoms with E-state index in [1.54, 1.807) is 0 Å². The lowest BCUT2D eigenvalue weighted by Crippen LogP contribution is -1.86. The molecule has 0 aliphatic rings. The average Bonchev–Trinajstić information content (AvgIpc) is 2.46. The van der Waals surface area contributed by atoms with E-state index in [0.717, 1.165) is 19.1 Å². The molecule has 0 unspecified atom stereocenters. The summed E-state index contributed by atoms with van der Waals surface area (Å²) in [5.74, 6) is 0. The van der Waals surface area contributed by atoms with Crippen molar-refractivity contribution >= 4 is 6.29 Å². The van der Waals surface area contributed by atoms with Crippen molar-refractivity contribution in [3.05, 3.63) is 23.0 Å². The molecule has 1 rings (SSSR count). The lowest BCUT2D eigenvalue weighted by atomic mass is 10.1. The number of carbonyl (C=O) groups is 1. The van der Waals surface area contributed by atoms with Gasteiger partial charge >= 0.3 is 0 Å². The topological polar surface area (TPSA) is 32.9 Å². The number of hydrogen-bond donors (Lipinski definition) is 1. The maximum atomic E-state index is 10.4. The Morgan fingerprint density at radius 3 is 2.55 bits per heavy atom. The highest BCUT2D eigenvalue weighted by molar-refractivity contribution is 5.72. The fourth-order valence-corrected chi connectivity index (χ4v) is 1.26. The van der Waals surface area contributed by atoms with Crippen molar-refractivity contribution in [3.8, 4) is 0 Å². The quantitative estimate of drug-likeness (QED) is 0.658. The van der Waals surface area contributed by atoms with Crippen LogP contribution in [0, 0.1) is 0 Å². The molecule has 1 aromatic rings. The minimum absolute atomic E-state index is 0.693. The number of aldehydes is 1. The molecule has 0 saturated heterocycles. The molecule has 60 valence electrons. The third-order valence-electron chi connectivity index (χ3n) is 1.87. The van der Waals surface area contributed by atoms with Gasteiger partial charge in [0, 0.05) is 5.69 Å². The second-order valence-corrected chi connectivity index (χ2v) is 2.55. The summed E-state index contributed by atoms with van der Waals surface area (Å²) in [5, 5.41) is 0. The van der Waals surface area contributed by atoms with Crippen molar-refractivity contribution in [2.75, 3.05) is 0 Å². The number of H-pyrrole nitrogens is 1. The van der Waals surface area contributed by atoms with Gasteiger partial charge in [0.15, 0.2) is 6.29 Å². The van der Waals surface area contributed by atoms with Gasteiger partial charge in [0.05, 0.1) is 5.69 Å². The first-order valence-electron chi connectivity index (χ1n) is 3.97. The number of aromatic nitrogens is 1. The molecule has 0 spiro atoms. The Bertz CT molecular complexity index is 229.